The van der Waals surface area contributed by atoms with Crippen molar-refractivity contribution in [1.82, 2.24) is 19.9 Å². The average Bonchev–Trinajstić information content (AvgIpc) is 3.62. The minimum atomic E-state index is -1.17. The molecule has 1 fully saturated rings. The van der Waals surface area contributed by atoms with Crippen LogP contribution < -0.4 is 14.2 Å². The maximum Gasteiger partial charge on any atom is 0.224 e. The Labute approximate surface area is 218 Å². The summed E-state index contributed by atoms with van der Waals surface area (Å²) in [6.07, 6.45) is 6.09. The van der Waals surface area contributed by atoms with Gasteiger partial charge in [-0.1, -0.05) is 31.2 Å². The molecule has 1 saturated carbocycles. The van der Waals surface area contributed by atoms with E-state index in [4.69, 9.17) is 30.5 Å². The van der Waals surface area contributed by atoms with Gasteiger partial charge in [0.2, 0.25) is 5.88 Å². The van der Waals surface area contributed by atoms with Gasteiger partial charge in [-0.15, -0.1) is 0 Å². The molecule has 0 saturated heterocycles. The molecule has 0 radical (unpaired) electrons. The fourth-order valence-corrected chi connectivity index (χ4v) is 4.66. The molecule has 1 aliphatic rings. The lowest BCUT2D eigenvalue weighted by atomic mass is 10.1. The van der Waals surface area contributed by atoms with E-state index in [1.165, 1.54) is 0 Å². The van der Waals surface area contributed by atoms with E-state index in [0.717, 1.165) is 23.9 Å². The fourth-order valence-electron chi connectivity index (χ4n) is 3.74. The van der Waals surface area contributed by atoms with Crippen LogP contribution in [0.1, 0.15) is 23.9 Å². The molecule has 3 aromatic heterocycles. The zero-order valence-electron chi connectivity index (χ0n) is 21.5. The number of methoxy groups -OCH3 is 1. The number of hydrogen-bond acceptors (Lipinski definition) is 8. The quantitative estimate of drug-likeness (QED) is 0.126. The Kier molecular flexibility index (Phi) is 8.43. The van der Waals surface area contributed by atoms with Crippen LogP contribution in [0.15, 0.2) is 36.8 Å². The van der Waals surface area contributed by atoms with E-state index < -0.39 is 8.07 Å². The zero-order valence-corrected chi connectivity index (χ0v) is 23.2. The van der Waals surface area contributed by atoms with E-state index in [1.807, 2.05) is 19.1 Å². The molecule has 0 unspecified atom stereocenters. The number of hydrogen-bond donors (Lipinski definition) is 0. The minimum Gasteiger partial charge on any atom is -0.495 e. The second-order valence-electron chi connectivity index (χ2n) is 10.2. The van der Waals surface area contributed by atoms with Gasteiger partial charge in [-0.05, 0) is 37.6 Å². The van der Waals surface area contributed by atoms with Gasteiger partial charge in [-0.3, -0.25) is 4.98 Å². The van der Waals surface area contributed by atoms with E-state index >= 15 is 0 Å². The number of aromatic nitrogens is 4. The van der Waals surface area contributed by atoms with Gasteiger partial charge in [0.25, 0.3) is 0 Å². The van der Waals surface area contributed by atoms with Crippen LogP contribution in [0.25, 0.3) is 11.1 Å². The average molecular weight is 529 g/mol. The Morgan fingerprint density at radius 3 is 2.58 bits per heavy atom. The number of ether oxygens (including phenoxy) is 4. The van der Waals surface area contributed by atoms with Gasteiger partial charge in [-0.2, -0.15) is 4.98 Å². The zero-order chi connectivity index (χ0) is 25.7. The van der Waals surface area contributed by atoms with Gasteiger partial charge < -0.3 is 18.9 Å². The lowest BCUT2D eigenvalue weighted by Gasteiger charge is -2.17. The van der Waals surface area contributed by atoms with Crippen LogP contribution in [-0.2, 0) is 4.74 Å². The molecule has 192 valence electrons. The summed E-state index contributed by atoms with van der Waals surface area (Å²) < 4.78 is 23.1. The third kappa shape index (κ3) is 7.15. The van der Waals surface area contributed by atoms with E-state index in [1.54, 1.807) is 31.8 Å². The van der Waals surface area contributed by atoms with Crippen LogP contribution in [0.5, 0.6) is 17.4 Å². The topological polar surface area (TPSA) is 88.5 Å². The lowest BCUT2D eigenvalue weighted by molar-refractivity contribution is 0.0222. The normalized spacial score (nSPS) is 17.1. The highest BCUT2D eigenvalue weighted by molar-refractivity contribution is 6.76. The second-order valence-corrected chi connectivity index (χ2v) is 16.2. The molecule has 36 heavy (non-hydrogen) atoms. The smallest absolute Gasteiger partial charge is 0.224 e. The highest BCUT2D eigenvalue weighted by atomic mass is 35.5. The van der Waals surface area contributed by atoms with Crippen LogP contribution in [0.2, 0.25) is 30.8 Å². The van der Waals surface area contributed by atoms with Crippen LogP contribution in [0, 0.1) is 12.8 Å². The standard InChI is InChI=1S/C26H33ClN4O4Si/c1-17-28-13-22(21-11-25(27)30-14-24(21)35-16-33-8-9-36(3,4)5)26(31-17)34-15-18-10-20(18)23-7-6-19(32-2)12-29-23/h6-7,11-14,18,20H,8-10,15-16H2,1-5H3/t18-,20+/m1/s1. The number of pyridine rings is 2. The van der Waals surface area contributed by atoms with Crippen molar-refractivity contribution in [2.24, 2.45) is 5.92 Å². The summed E-state index contributed by atoms with van der Waals surface area (Å²) >= 11 is 6.24. The first-order valence-electron chi connectivity index (χ1n) is 12.1. The number of nitrogens with zero attached hydrogens (tertiary/aromatic N) is 4. The van der Waals surface area contributed by atoms with Crippen molar-refractivity contribution in [3.05, 3.63) is 53.5 Å². The van der Waals surface area contributed by atoms with Crippen LogP contribution in [0.3, 0.4) is 0 Å². The molecule has 2 atom stereocenters. The number of halogens is 1. The Balaban J connectivity index is 1.44. The molecule has 3 heterocycles. The van der Waals surface area contributed by atoms with Gasteiger partial charge in [0.15, 0.2) is 6.79 Å². The highest BCUT2D eigenvalue weighted by Gasteiger charge is 2.40. The molecular formula is C26H33ClN4O4Si. The SMILES string of the molecule is COc1ccc([C@H]2C[C@@H]2COc2nc(C)ncc2-c2cc(Cl)ncc2OCOCC[Si](C)(C)C)nc1. The van der Waals surface area contributed by atoms with Gasteiger partial charge in [0.05, 0.1) is 31.7 Å². The first-order valence-corrected chi connectivity index (χ1v) is 16.1. The van der Waals surface area contributed by atoms with Crippen molar-refractivity contribution in [2.75, 3.05) is 27.1 Å². The molecule has 0 aromatic carbocycles. The molecule has 0 aliphatic heterocycles. The van der Waals surface area contributed by atoms with Crippen molar-refractivity contribution in [1.29, 1.82) is 0 Å². The van der Waals surface area contributed by atoms with Crippen LogP contribution in [0.4, 0.5) is 0 Å². The van der Waals surface area contributed by atoms with Crippen LogP contribution >= 0.6 is 11.6 Å². The molecule has 3 aromatic rings. The van der Waals surface area contributed by atoms with E-state index in [9.17, 15) is 0 Å². The van der Waals surface area contributed by atoms with E-state index in [2.05, 4.69) is 39.6 Å². The molecule has 0 amide bonds. The predicted molar refractivity (Wildman–Crippen MR) is 142 cm³/mol. The fraction of sp³-hybridized carbons (Fsp3) is 0.462. The highest BCUT2D eigenvalue weighted by Crippen LogP contribution is 2.47. The Bertz CT molecular complexity index is 1170. The third-order valence-corrected chi connectivity index (χ3v) is 7.93. The first-order chi connectivity index (χ1) is 17.2. The molecule has 0 bridgehead atoms. The van der Waals surface area contributed by atoms with Crippen molar-refractivity contribution < 1.29 is 18.9 Å². The summed E-state index contributed by atoms with van der Waals surface area (Å²) in [5.41, 5.74) is 2.46. The lowest BCUT2D eigenvalue weighted by Crippen LogP contribution is -2.22. The van der Waals surface area contributed by atoms with Gasteiger partial charge >= 0.3 is 0 Å². The van der Waals surface area contributed by atoms with E-state index in [0.29, 0.717) is 58.8 Å². The monoisotopic (exact) mass is 528 g/mol. The minimum absolute atomic E-state index is 0.127. The molecular weight excluding hydrogens is 496 g/mol. The maximum absolute atomic E-state index is 6.24. The number of aryl methyl sites for hydroxylation is 1. The van der Waals surface area contributed by atoms with Crippen molar-refractivity contribution in [3.8, 4) is 28.5 Å². The summed E-state index contributed by atoms with van der Waals surface area (Å²) in [5, 5.41) is 0.344. The molecule has 8 nitrogen and oxygen atoms in total. The molecule has 4 rings (SSSR count). The Hall–Kier alpha value is -2.75. The maximum atomic E-state index is 6.24. The summed E-state index contributed by atoms with van der Waals surface area (Å²) in [6.45, 7) is 10.1. The molecule has 1 aliphatic carbocycles. The third-order valence-electron chi connectivity index (χ3n) is 6.02. The molecule has 0 N–H and O–H groups in total. The first kappa shape index (κ1) is 26.3. The van der Waals surface area contributed by atoms with E-state index in [-0.39, 0.29) is 6.79 Å². The molecule has 10 heteroatoms. The van der Waals surface area contributed by atoms with Gasteiger partial charge in [0.1, 0.15) is 22.5 Å². The summed E-state index contributed by atoms with van der Waals surface area (Å²) in [6, 6.07) is 6.76. The van der Waals surface area contributed by atoms with Gasteiger partial charge in [0, 0.05) is 44.0 Å². The van der Waals surface area contributed by atoms with Crippen molar-refractivity contribution in [2.45, 2.75) is 44.9 Å². The largest absolute Gasteiger partial charge is 0.495 e. The Morgan fingerprint density at radius 2 is 1.86 bits per heavy atom. The summed E-state index contributed by atoms with van der Waals surface area (Å²) in [7, 11) is 0.471. The Morgan fingerprint density at radius 1 is 1.03 bits per heavy atom. The van der Waals surface area contributed by atoms with Crippen LogP contribution in [-0.4, -0.2) is 55.1 Å². The predicted octanol–water partition coefficient (Wildman–Crippen LogP) is 5.78. The summed E-state index contributed by atoms with van der Waals surface area (Å²) in [5.74, 6) is 3.13. The van der Waals surface area contributed by atoms with Crippen molar-refractivity contribution >= 4 is 19.7 Å². The second kappa shape index (κ2) is 11.5. The molecule has 0 spiro atoms. The summed E-state index contributed by atoms with van der Waals surface area (Å²) in [4.78, 5) is 17.7. The van der Waals surface area contributed by atoms with Crippen molar-refractivity contribution in [3.63, 3.8) is 0 Å². The number of rotatable bonds is 12. The van der Waals surface area contributed by atoms with Gasteiger partial charge in [-0.25, -0.2) is 9.97 Å².